The molecular formula is C9H12Cl2N2O. The van der Waals surface area contributed by atoms with Crippen molar-refractivity contribution in [2.45, 2.75) is 6.04 Å². The van der Waals surface area contributed by atoms with E-state index in [1.165, 1.54) is 0 Å². The molecule has 0 saturated heterocycles. The summed E-state index contributed by atoms with van der Waals surface area (Å²) in [5, 5.41) is 12.8. The first kappa shape index (κ1) is 11.6. The highest BCUT2D eigenvalue weighted by Gasteiger charge is 2.11. The van der Waals surface area contributed by atoms with Crippen molar-refractivity contribution in [3.05, 3.63) is 27.7 Å². The molecule has 78 valence electrons. The van der Waals surface area contributed by atoms with Crippen LogP contribution in [0.5, 0.6) is 0 Å². The van der Waals surface area contributed by atoms with Gasteiger partial charge in [-0.15, -0.1) is 0 Å². The predicted octanol–water partition coefficient (Wildman–Crippen LogP) is 1.83. The van der Waals surface area contributed by atoms with Crippen molar-refractivity contribution in [2.24, 2.45) is 0 Å². The van der Waals surface area contributed by atoms with E-state index in [0.717, 1.165) is 5.56 Å². The van der Waals surface area contributed by atoms with Crippen LogP contribution in [-0.4, -0.2) is 18.8 Å². The van der Waals surface area contributed by atoms with Gasteiger partial charge in [-0.25, -0.2) is 0 Å². The molecule has 0 heterocycles. The summed E-state index contributed by atoms with van der Waals surface area (Å²) >= 11 is 11.7. The molecule has 14 heavy (non-hydrogen) atoms. The molecule has 3 nitrogen and oxygen atoms in total. The highest BCUT2D eigenvalue weighted by Crippen LogP contribution is 2.30. The Bertz CT molecular complexity index is 304. The van der Waals surface area contributed by atoms with Gasteiger partial charge in [0, 0.05) is 0 Å². The van der Waals surface area contributed by atoms with Gasteiger partial charge in [0.1, 0.15) is 0 Å². The van der Waals surface area contributed by atoms with Crippen molar-refractivity contribution in [2.75, 3.05) is 19.4 Å². The molecule has 0 amide bonds. The standard InChI is InChI=1S/C9H12Cl2N2O/c1-13-8(4-14)5-2-6(10)9(12)7(11)3-5/h2-3,8,13-14H,4,12H2,1H3. The Labute approximate surface area is 92.8 Å². The van der Waals surface area contributed by atoms with Crippen molar-refractivity contribution in [3.63, 3.8) is 0 Å². The zero-order valence-electron chi connectivity index (χ0n) is 7.72. The molecule has 0 saturated carbocycles. The van der Waals surface area contributed by atoms with Gasteiger partial charge in [0.15, 0.2) is 0 Å². The maximum atomic E-state index is 9.05. The number of nitrogens with one attached hydrogen (secondary N) is 1. The van der Waals surface area contributed by atoms with Gasteiger partial charge < -0.3 is 16.2 Å². The second kappa shape index (κ2) is 4.84. The van der Waals surface area contributed by atoms with Gasteiger partial charge in [-0.05, 0) is 24.7 Å². The summed E-state index contributed by atoms with van der Waals surface area (Å²) in [6.07, 6.45) is 0. The lowest BCUT2D eigenvalue weighted by atomic mass is 10.1. The molecule has 5 heteroatoms. The molecule has 0 aliphatic rings. The first-order valence-electron chi connectivity index (χ1n) is 4.12. The number of anilines is 1. The Morgan fingerprint density at radius 3 is 2.29 bits per heavy atom. The van der Waals surface area contributed by atoms with Crippen LogP contribution in [0, 0.1) is 0 Å². The summed E-state index contributed by atoms with van der Waals surface area (Å²) in [6.45, 7) is -0.0208. The van der Waals surface area contributed by atoms with E-state index >= 15 is 0 Å². The molecular weight excluding hydrogens is 223 g/mol. The predicted molar refractivity (Wildman–Crippen MR) is 59.8 cm³/mol. The minimum absolute atomic E-state index is 0.0208. The number of hydrogen-bond donors (Lipinski definition) is 3. The second-order valence-electron chi connectivity index (χ2n) is 2.92. The van der Waals surface area contributed by atoms with Crippen molar-refractivity contribution in [1.29, 1.82) is 0 Å². The highest BCUT2D eigenvalue weighted by molar-refractivity contribution is 6.38. The molecule has 1 aromatic rings. The molecule has 0 radical (unpaired) electrons. The van der Waals surface area contributed by atoms with Crippen LogP contribution < -0.4 is 11.1 Å². The smallest absolute Gasteiger partial charge is 0.0693 e. The van der Waals surface area contributed by atoms with Gasteiger partial charge in [0.25, 0.3) is 0 Å². The third-order valence-corrected chi connectivity index (χ3v) is 2.66. The Morgan fingerprint density at radius 1 is 1.43 bits per heavy atom. The Hall–Kier alpha value is -0.480. The lowest BCUT2D eigenvalue weighted by Gasteiger charge is -2.15. The van der Waals surface area contributed by atoms with Crippen LogP contribution in [0.4, 0.5) is 5.69 Å². The quantitative estimate of drug-likeness (QED) is 0.700. The molecule has 0 fully saturated rings. The maximum absolute atomic E-state index is 9.05. The lowest BCUT2D eigenvalue weighted by Crippen LogP contribution is -2.20. The first-order chi connectivity index (χ1) is 6.60. The van der Waals surface area contributed by atoms with E-state index in [2.05, 4.69) is 5.32 Å². The Kier molecular flexibility index (Phi) is 4.01. The zero-order chi connectivity index (χ0) is 10.7. The number of hydrogen-bond acceptors (Lipinski definition) is 3. The van der Waals surface area contributed by atoms with E-state index in [1.807, 2.05) is 0 Å². The van der Waals surface area contributed by atoms with Crippen molar-refractivity contribution in [1.82, 2.24) is 5.32 Å². The monoisotopic (exact) mass is 234 g/mol. The zero-order valence-corrected chi connectivity index (χ0v) is 9.23. The third kappa shape index (κ3) is 2.30. The van der Waals surface area contributed by atoms with Crippen molar-refractivity contribution < 1.29 is 5.11 Å². The fourth-order valence-corrected chi connectivity index (χ4v) is 1.67. The number of likely N-dealkylation sites (N-methyl/N-ethyl adjacent to an activating group) is 1. The molecule has 0 aromatic heterocycles. The van der Waals surface area contributed by atoms with Crippen LogP contribution >= 0.6 is 23.2 Å². The average Bonchev–Trinajstić information content (AvgIpc) is 2.16. The highest BCUT2D eigenvalue weighted by atomic mass is 35.5. The molecule has 1 aromatic carbocycles. The van der Waals surface area contributed by atoms with Crippen LogP contribution in [0.2, 0.25) is 10.0 Å². The molecule has 1 atom stereocenters. The fraction of sp³-hybridized carbons (Fsp3) is 0.333. The summed E-state index contributed by atoms with van der Waals surface area (Å²) in [5.74, 6) is 0. The number of aliphatic hydroxyl groups is 1. The van der Waals surface area contributed by atoms with Crippen LogP contribution in [0.3, 0.4) is 0 Å². The second-order valence-corrected chi connectivity index (χ2v) is 3.74. The Balaban J connectivity index is 3.11. The van der Waals surface area contributed by atoms with E-state index in [0.29, 0.717) is 15.7 Å². The normalized spacial score (nSPS) is 12.9. The van der Waals surface area contributed by atoms with Crippen LogP contribution in [-0.2, 0) is 0 Å². The number of benzene rings is 1. The molecule has 0 aliphatic heterocycles. The fourth-order valence-electron chi connectivity index (χ4n) is 1.17. The van der Waals surface area contributed by atoms with Gasteiger partial charge in [-0.2, -0.15) is 0 Å². The van der Waals surface area contributed by atoms with Crippen LogP contribution in [0.1, 0.15) is 11.6 Å². The van der Waals surface area contributed by atoms with Crippen LogP contribution in [0.25, 0.3) is 0 Å². The maximum Gasteiger partial charge on any atom is 0.0693 e. The molecule has 1 unspecified atom stereocenters. The topological polar surface area (TPSA) is 58.3 Å². The molecule has 0 aliphatic carbocycles. The van der Waals surface area contributed by atoms with E-state index in [4.69, 9.17) is 34.0 Å². The van der Waals surface area contributed by atoms with Crippen molar-refractivity contribution >= 4 is 28.9 Å². The van der Waals surface area contributed by atoms with E-state index < -0.39 is 0 Å². The van der Waals surface area contributed by atoms with Crippen molar-refractivity contribution in [3.8, 4) is 0 Å². The number of nitrogen functional groups attached to an aromatic ring is 1. The molecule has 0 bridgehead atoms. The van der Waals surface area contributed by atoms with Crippen LogP contribution in [0.15, 0.2) is 12.1 Å². The number of halogens is 2. The first-order valence-corrected chi connectivity index (χ1v) is 4.88. The minimum Gasteiger partial charge on any atom is -0.396 e. The summed E-state index contributed by atoms with van der Waals surface area (Å²) in [7, 11) is 1.75. The minimum atomic E-state index is -0.175. The number of nitrogens with two attached hydrogens (primary N) is 1. The summed E-state index contributed by atoms with van der Waals surface area (Å²) < 4.78 is 0. The number of aliphatic hydroxyl groups excluding tert-OH is 1. The van der Waals surface area contributed by atoms with Gasteiger partial charge >= 0.3 is 0 Å². The van der Waals surface area contributed by atoms with Gasteiger partial charge in [-0.3, -0.25) is 0 Å². The summed E-state index contributed by atoms with van der Waals surface area (Å²) in [6, 6.07) is 3.21. The summed E-state index contributed by atoms with van der Waals surface area (Å²) in [5.41, 5.74) is 6.77. The van der Waals surface area contributed by atoms with E-state index in [9.17, 15) is 0 Å². The molecule has 0 spiro atoms. The Morgan fingerprint density at radius 2 is 1.93 bits per heavy atom. The van der Waals surface area contributed by atoms with E-state index in [-0.39, 0.29) is 12.6 Å². The van der Waals surface area contributed by atoms with Gasteiger partial charge in [0.2, 0.25) is 0 Å². The molecule has 4 N–H and O–H groups in total. The summed E-state index contributed by atoms with van der Waals surface area (Å²) in [4.78, 5) is 0. The third-order valence-electron chi connectivity index (χ3n) is 2.03. The SMILES string of the molecule is CNC(CO)c1cc(Cl)c(N)c(Cl)c1. The number of rotatable bonds is 3. The van der Waals surface area contributed by atoms with Gasteiger partial charge in [0.05, 0.1) is 28.4 Å². The molecule has 1 rings (SSSR count). The lowest BCUT2D eigenvalue weighted by molar-refractivity contribution is 0.251. The van der Waals surface area contributed by atoms with E-state index in [1.54, 1.807) is 19.2 Å². The average molecular weight is 235 g/mol. The largest absolute Gasteiger partial charge is 0.396 e. The van der Waals surface area contributed by atoms with Gasteiger partial charge in [-0.1, -0.05) is 23.2 Å².